The van der Waals surface area contributed by atoms with Crippen LogP contribution in [-0.4, -0.2) is 15.9 Å². The molecule has 7 heteroatoms. The quantitative estimate of drug-likeness (QED) is 0.556. The van der Waals surface area contributed by atoms with E-state index in [2.05, 4.69) is 4.99 Å². The number of halogens is 2. The Kier molecular flexibility index (Phi) is 6.84. The zero-order chi connectivity index (χ0) is 19.3. The van der Waals surface area contributed by atoms with Gasteiger partial charge in [0.2, 0.25) is 5.88 Å². The van der Waals surface area contributed by atoms with Crippen LogP contribution in [0.15, 0.2) is 28.0 Å². The molecular weight excluding hydrogens is 373 g/mol. The fourth-order valence-corrected chi connectivity index (χ4v) is 3.09. The SMILES string of the molecule is CCCCCn1c(O)c(C=Nc2c(Cl)cccc2Cl)c(C)c(C#N)c1=O. The molecule has 0 spiro atoms. The second-order valence-electron chi connectivity index (χ2n) is 5.84. The Morgan fingerprint density at radius 3 is 2.54 bits per heavy atom. The molecule has 1 aromatic carbocycles. The monoisotopic (exact) mass is 391 g/mol. The Morgan fingerprint density at radius 2 is 1.96 bits per heavy atom. The van der Waals surface area contributed by atoms with Gasteiger partial charge in [0.05, 0.1) is 15.6 Å². The maximum Gasteiger partial charge on any atom is 0.271 e. The Bertz CT molecular complexity index is 923. The van der Waals surface area contributed by atoms with Crippen molar-refractivity contribution in [1.29, 1.82) is 5.26 Å². The topological polar surface area (TPSA) is 78.4 Å². The number of hydrogen-bond donors (Lipinski definition) is 1. The van der Waals surface area contributed by atoms with Crippen LogP contribution in [-0.2, 0) is 6.54 Å². The van der Waals surface area contributed by atoms with Gasteiger partial charge in [-0.2, -0.15) is 5.26 Å². The van der Waals surface area contributed by atoms with Crippen LogP contribution in [0.25, 0.3) is 0 Å². The van der Waals surface area contributed by atoms with Crippen molar-refractivity contribution in [2.24, 2.45) is 4.99 Å². The molecule has 0 atom stereocenters. The maximum atomic E-state index is 12.5. The van der Waals surface area contributed by atoms with Gasteiger partial charge in [0.25, 0.3) is 5.56 Å². The predicted octanol–water partition coefficient (Wildman–Crippen LogP) is 4.98. The lowest BCUT2D eigenvalue weighted by Crippen LogP contribution is -2.25. The van der Waals surface area contributed by atoms with Gasteiger partial charge in [0, 0.05) is 12.8 Å². The highest BCUT2D eigenvalue weighted by Gasteiger charge is 2.18. The van der Waals surface area contributed by atoms with Crippen molar-refractivity contribution >= 4 is 35.1 Å². The summed E-state index contributed by atoms with van der Waals surface area (Å²) in [4.78, 5) is 16.7. The first-order valence-corrected chi connectivity index (χ1v) is 9.02. The highest BCUT2D eigenvalue weighted by atomic mass is 35.5. The van der Waals surface area contributed by atoms with Crippen LogP contribution in [0.5, 0.6) is 5.88 Å². The van der Waals surface area contributed by atoms with E-state index >= 15 is 0 Å². The van der Waals surface area contributed by atoms with Crippen LogP contribution in [0.4, 0.5) is 5.69 Å². The van der Waals surface area contributed by atoms with Crippen LogP contribution in [0.3, 0.4) is 0 Å². The summed E-state index contributed by atoms with van der Waals surface area (Å²) in [5.41, 5.74) is 0.525. The Morgan fingerprint density at radius 1 is 1.31 bits per heavy atom. The lowest BCUT2D eigenvalue weighted by molar-refractivity contribution is 0.398. The number of pyridine rings is 1. The molecular formula is C19H19Cl2N3O2. The number of unbranched alkanes of at least 4 members (excludes halogenated alkanes) is 2. The normalized spacial score (nSPS) is 11.0. The van der Waals surface area contributed by atoms with Gasteiger partial charge in [0.1, 0.15) is 17.3 Å². The van der Waals surface area contributed by atoms with E-state index in [1.807, 2.05) is 13.0 Å². The number of hydrogen-bond acceptors (Lipinski definition) is 4. The zero-order valence-corrected chi connectivity index (χ0v) is 16.1. The van der Waals surface area contributed by atoms with Gasteiger partial charge >= 0.3 is 0 Å². The van der Waals surface area contributed by atoms with Crippen molar-refractivity contribution in [3.05, 3.63) is 55.3 Å². The summed E-state index contributed by atoms with van der Waals surface area (Å²) in [6.07, 6.45) is 4.01. The predicted molar refractivity (Wildman–Crippen MR) is 105 cm³/mol. The molecule has 136 valence electrons. The molecule has 0 aliphatic heterocycles. The summed E-state index contributed by atoms with van der Waals surface area (Å²) in [5.74, 6) is -0.213. The van der Waals surface area contributed by atoms with Crippen LogP contribution < -0.4 is 5.56 Å². The third-order valence-corrected chi connectivity index (χ3v) is 4.70. The smallest absolute Gasteiger partial charge is 0.271 e. The number of nitrogens with zero attached hydrogens (tertiary/aromatic N) is 3. The van der Waals surface area contributed by atoms with Crippen molar-refractivity contribution < 1.29 is 5.11 Å². The molecule has 1 aromatic heterocycles. The van der Waals surface area contributed by atoms with Gasteiger partial charge in [0.15, 0.2) is 0 Å². The lowest BCUT2D eigenvalue weighted by Gasteiger charge is -2.14. The maximum absolute atomic E-state index is 12.5. The fraction of sp³-hybridized carbons (Fsp3) is 0.316. The molecule has 0 aliphatic carbocycles. The average Bonchev–Trinajstić information content (AvgIpc) is 2.60. The highest BCUT2D eigenvalue weighted by Crippen LogP contribution is 2.33. The lowest BCUT2D eigenvalue weighted by atomic mass is 10.1. The van der Waals surface area contributed by atoms with E-state index in [-0.39, 0.29) is 11.4 Å². The molecule has 1 heterocycles. The Balaban J connectivity index is 2.58. The third-order valence-electron chi connectivity index (χ3n) is 4.09. The average molecular weight is 392 g/mol. The zero-order valence-electron chi connectivity index (χ0n) is 14.6. The van der Waals surface area contributed by atoms with E-state index in [0.29, 0.717) is 33.4 Å². The van der Waals surface area contributed by atoms with Crippen molar-refractivity contribution in [2.75, 3.05) is 0 Å². The first-order chi connectivity index (χ1) is 12.4. The molecule has 0 bridgehead atoms. The van der Waals surface area contributed by atoms with Gasteiger partial charge in [-0.15, -0.1) is 0 Å². The summed E-state index contributed by atoms with van der Waals surface area (Å²) in [6.45, 7) is 3.98. The standard InChI is InChI=1S/C19H19Cl2N3O2/c1-3-4-5-9-24-18(25)13(10-22)12(2)14(19(24)26)11-23-17-15(20)7-6-8-16(17)21/h6-8,11,26H,3-5,9H2,1-2H3. The molecule has 0 radical (unpaired) electrons. The highest BCUT2D eigenvalue weighted by molar-refractivity contribution is 6.38. The number of aromatic hydroxyl groups is 1. The molecule has 0 unspecified atom stereocenters. The summed E-state index contributed by atoms with van der Waals surface area (Å²) >= 11 is 12.2. The van der Waals surface area contributed by atoms with E-state index in [1.54, 1.807) is 25.1 Å². The molecule has 2 rings (SSSR count). The van der Waals surface area contributed by atoms with Gasteiger partial charge in [-0.25, -0.2) is 0 Å². The van der Waals surface area contributed by atoms with E-state index in [4.69, 9.17) is 23.2 Å². The second kappa shape index (κ2) is 8.88. The molecule has 1 N–H and O–H groups in total. The van der Waals surface area contributed by atoms with Crippen LogP contribution >= 0.6 is 23.2 Å². The molecule has 0 saturated carbocycles. The number of para-hydroxylation sites is 1. The number of benzene rings is 1. The van der Waals surface area contributed by atoms with E-state index in [0.717, 1.165) is 19.3 Å². The summed E-state index contributed by atoms with van der Waals surface area (Å²) in [5, 5.41) is 20.7. The van der Waals surface area contributed by atoms with E-state index in [9.17, 15) is 15.2 Å². The second-order valence-corrected chi connectivity index (χ2v) is 6.66. The molecule has 0 amide bonds. The largest absolute Gasteiger partial charge is 0.494 e. The molecule has 5 nitrogen and oxygen atoms in total. The van der Waals surface area contributed by atoms with E-state index in [1.165, 1.54) is 10.8 Å². The minimum Gasteiger partial charge on any atom is -0.494 e. The minimum atomic E-state index is -0.494. The fourth-order valence-electron chi connectivity index (χ4n) is 2.59. The number of aliphatic imine (C=N–C) groups is 1. The molecule has 0 fully saturated rings. The third kappa shape index (κ3) is 4.09. The summed E-state index contributed by atoms with van der Waals surface area (Å²) in [7, 11) is 0. The van der Waals surface area contributed by atoms with Gasteiger partial charge in [-0.1, -0.05) is 49.0 Å². The van der Waals surface area contributed by atoms with Gasteiger partial charge in [-0.05, 0) is 31.0 Å². The summed E-state index contributed by atoms with van der Waals surface area (Å²) < 4.78 is 1.22. The molecule has 0 saturated heterocycles. The van der Waals surface area contributed by atoms with Crippen molar-refractivity contribution in [3.8, 4) is 11.9 Å². The number of nitriles is 1. The molecule has 26 heavy (non-hydrogen) atoms. The van der Waals surface area contributed by atoms with Crippen LogP contribution in [0, 0.1) is 18.3 Å². The number of aromatic nitrogens is 1. The first-order valence-electron chi connectivity index (χ1n) is 8.26. The van der Waals surface area contributed by atoms with Crippen molar-refractivity contribution in [3.63, 3.8) is 0 Å². The van der Waals surface area contributed by atoms with Gasteiger partial charge < -0.3 is 5.11 Å². The summed E-state index contributed by atoms with van der Waals surface area (Å²) in [6, 6.07) is 6.93. The van der Waals surface area contributed by atoms with Crippen molar-refractivity contribution in [1.82, 2.24) is 4.57 Å². The minimum absolute atomic E-state index is 0.00833. The van der Waals surface area contributed by atoms with Crippen LogP contribution in [0.1, 0.15) is 42.9 Å². The molecule has 0 aliphatic rings. The van der Waals surface area contributed by atoms with E-state index < -0.39 is 5.56 Å². The Labute approximate surface area is 162 Å². The number of rotatable bonds is 6. The molecule has 2 aromatic rings. The van der Waals surface area contributed by atoms with Gasteiger partial charge in [-0.3, -0.25) is 14.4 Å². The van der Waals surface area contributed by atoms with Crippen molar-refractivity contribution in [2.45, 2.75) is 39.7 Å². The van der Waals surface area contributed by atoms with Crippen LogP contribution in [0.2, 0.25) is 10.0 Å². The Hall–Kier alpha value is -2.29. The first kappa shape index (κ1) is 20.0.